The first kappa shape index (κ1) is 21.1. The molecule has 0 bridgehead atoms. The molecule has 2 aromatic heterocycles. The molecule has 0 radical (unpaired) electrons. The zero-order chi connectivity index (χ0) is 21.8. The number of aromatic amines is 1. The van der Waals surface area contributed by atoms with Gasteiger partial charge in [-0.2, -0.15) is 17.0 Å². The van der Waals surface area contributed by atoms with Crippen LogP contribution >= 0.6 is 0 Å². The SMILES string of the molecule is CN(C)S(=O)(=O)N1CCCC(c2cc3nc4c(c(=O)n3[nH]2)CN(C2CCCC2)CC4)C1. The number of fused-ring (bicyclic) bond motifs is 2. The van der Waals surface area contributed by atoms with Gasteiger partial charge in [-0.1, -0.05) is 12.8 Å². The van der Waals surface area contributed by atoms with Crippen LogP contribution < -0.4 is 5.56 Å². The summed E-state index contributed by atoms with van der Waals surface area (Å²) in [4.78, 5) is 20.6. The van der Waals surface area contributed by atoms with Gasteiger partial charge in [0, 0.05) is 70.4 Å². The van der Waals surface area contributed by atoms with Gasteiger partial charge in [-0.25, -0.2) is 9.50 Å². The van der Waals surface area contributed by atoms with Crippen molar-refractivity contribution in [2.45, 2.75) is 63.5 Å². The molecule has 10 heteroatoms. The number of nitrogens with one attached hydrogen (secondary N) is 1. The van der Waals surface area contributed by atoms with Gasteiger partial charge in [0.25, 0.3) is 15.8 Å². The highest BCUT2D eigenvalue weighted by Gasteiger charge is 2.33. The molecule has 9 nitrogen and oxygen atoms in total. The smallest absolute Gasteiger partial charge is 0.281 e. The molecule has 1 saturated heterocycles. The Balaban J connectivity index is 1.43. The van der Waals surface area contributed by atoms with Crippen LogP contribution in [0.4, 0.5) is 0 Å². The van der Waals surface area contributed by atoms with E-state index in [1.54, 1.807) is 18.6 Å². The average Bonchev–Trinajstić information content (AvgIpc) is 3.44. The highest BCUT2D eigenvalue weighted by Crippen LogP contribution is 2.30. The maximum atomic E-state index is 13.3. The lowest BCUT2D eigenvalue weighted by atomic mass is 9.96. The third-order valence-corrected chi connectivity index (χ3v) is 9.17. The molecule has 2 fully saturated rings. The van der Waals surface area contributed by atoms with Crippen LogP contribution in [0.15, 0.2) is 10.9 Å². The molecule has 0 amide bonds. The number of hydrogen-bond donors (Lipinski definition) is 1. The minimum atomic E-state index is -3.44. The Bertz CT molecular complexity index is 1130. The largest absolute Gasteiger partial charge is 0.295 e. The highest BCUT2D eigenvalue weighted by molar-refractivity contribution is 7.86. The minimum absolute atomic E-state index is 0.0116. The molecule has 1 atom stereocenters. The van der Waals surface area contributed by atoms with E-state index in [2.05, 4.69) is 10.00 Å². The van der Waals surface area contributed by atoms with E-state index in [1.807, 2.05) is 6.07 Å². The van der Waals surface area contributed by atoms with Crippen LogP contribution in [0.25, 0.3) is 5.65 Å². The van der Waals surface area contributed by atoms with E-state index < -0.39 is 10.2 Å². The number of H-pyrrole nitrogens is 1. The lowest BCUT2D eigenvalue weighted by Crippen LogP contribution is -2.45. The zero-order valence-corrected chi connectivity index (χ0v) is 19.2. The van der Waals surface area contributed by atoms with Crippen molar-refractivity contribution in [3.05, 3.63) is 33.4 Å². The third kappa shape index (κ3) is 3.73. The average molecular weight is 449 g/mol. The fourth-order valence-electron chi connectivity index (χ4n) is 5.45. The number of nitrogens with zero attached hydrogens (tertiary/aromatic N) is 5. The van der Waals surface area contributed by atoms with E-state index in [-0.39, 0.29) is 11.5 Å². The Kier molecular flexibility index (Phi) is 5.44. The van der Waals surface area contributed by atoms with E-state index in [4.69, 9.17) is 4.98 Å². The lowest BCUT2D eigenvalue weighted by molar-refractivity contribution is 0.178. The predicted molar refractivity (Wildman–Crippen MR) is 118 cm³/mol. The second kappa shape index (κ2) is 7.99. The summed E-state index contributed by atoms with van der Waals surface area (Å²) in [5.74, 6) is 0.0246. The van der Waals surface area contributed by atoms with E-state index in [0.29, 0.717) is 31.3 Å². The van der Waals surface area contributed by atoms with Gasteiger partial charge in [-0.15, -0.1) is 0 Å². The van der Waals surface area contributed by atoms with Crippen LogP contribution in [-0.4, -0.2) is 76.3 Å². The minimum Gasteiger partial charge on any atom is -0.295 e. The summed E-state index contributed by atoms with van der Waals surface area (Å²) >= 11 is 0. The second-order valence-corrected chi connectivity index (χ2v) is 11.5. The third-order valence-electron chi connectivity index (χ3n) is 7.26. The monoisotopic (exact) mass is 448 g/mol. The van der Waals surface area contributed by atoms with Gasteiger partial charge in [0.2, 0.25) is 0 Å². The molecule has 3 aliphatic rings. The zero-order valence-electron chi connectivity index (χ0n) is 18.4. The van der Waals surface area contributed by atoms with Gasteiger partial charge in [0.05, 0.1) is 11.3 Å². The van der Waals surface area contributed by atoms with Crippen molar-refractivity contribution < 1.29 is 8.42 Å². The van der Waals surface area contributed by atoms with E-state index in [1.165, 1.54) is 34.3 Å². The number of hydrogen-bond acceptors (Lipinski definition) is 5. The van der Waals surface area contributed by atoms with Crippen LogP contribution in [0.5, 0.6) is 0 Å². The lowest BCUT2D eigenvalue weighted by Gasteiger charge is -2.33. The summed E-state index contributed by atoms with van der Waals surface area (Å²) in [6.07, 6.45) is 7.52. The molecule has 1 aliphatic carbocycles. The maximum absolute atomic E-state index is 13.3. The first-order valence-electron chi connectivity index (χ1n) is 11.4. The van der Waals surface area contributed by atoms with Gasteiger partial charge >= 0.3 is 0 Å². The Morgan fingerprint density at radius 2 is 1.90 bits per heavy atom. The predicted octanol–water partition coefficient (Wildman–Crippen LogP) is 1.31. The van der Waals surface area contributed by atoms with Gasteiger partial charge in [-0.3, -0.25) is 14.8 Å². The normalized spacial score (nSPS) is 24.3. The molecule has 0 spiro atoms. The fourth-order valence-corrected chi connectivity index (χ4v) is 6.64. The summed E-state index contributed by atoms with van der Waals surface area (Å²) in [6.45, 7) is 2.59. The van der Waals surface area contributed by atoms with Gasteiger partial charge in [0.15, 0.2) is 5.65 Å². The van der Waals surface area contributed by atoms with Crippen molar-refractivity contribution in [3.63, 3.8) is 0 Å². The van der Waals surface area contributed by atoms with Crippen LogP contribution in [-0.2, 0) is 23.2 Å². The number of aromatic nitrogens is 3. The van der Waals surface area contributed by atoms with Crippen molar-refractivity contribution in [2.75, 3.05) is 33.7 Å². The molecular formula is C21H32N6O3S. The molecule has 2 aliphatic heterocycles. The topological polar surface area (TPSA) is 94.0 Å². The Hall–Kier alpha value is -1.75. The molecule has 1 N–H and O–H groups in total. The van der Waals surface area contributed by atoms with Gasteiger partial charge in [-0.05, 0) is 25.7 Å². The summed E-state index contributed by atoms with van der Waals surface area (Å²) in [7, 11) is -0.323. The Labute approximate surface area is 183 Å². The standard InChI is InChI=1S/C21H32N6O3S/c1-24(2)31(29,30)26-10-5-6-15(13-26)19-12-20-22-18-9-11-25(16-7-3-4-8-16)14-17(18)21(28)27(20)23-19/h12,15-16,23H,3-11,13-14H2,1-2H3. The van der Waals surface area contributed by atoms with Crippen LogP contribution in [0, 0.1) is 0 Å². The first-order chi connectivity index (χ1) is 14.8. The van der Waals surface area contributed by atoms with E-state index >= 15 is 0 Å². The van der Waals surface area contributed by atoms with Gasteiger partial charge < -0.3 is 0 Å². The summed E-state index contributed by atoms with van der Waals surface area (Å²) in [5, 5.41) is 3.26. The van der Waals surface area contributed by atoms with Crippen LogP contribution in [0.1, 0.15) is 61.4 Å². The molecule has 0 aromatic carbocycles. The Morgan fingerprint density at radius 3 is 2.65 bits per heavy atom. The summed E-state index contributed by atoms with van der Waals surface area (Å²) in [6, 6.07) is 2.53. The maximum Gasteiger partial charge on any atom is 0.281 e. The van der Waals surface area contributed by atoms with Crippen molar-refractivity contribution >= 4 is 15.9 Å². The molecule has 4 heterocycles. The fraction of sp³-hybridized carbons (Fsp3) is 0.714. The van der Waals surface area contributed by atoms with Crippen molar-refractivity contribution in [3.8, 4) is 0 Å². The second-order valence-electron chi connectivity index (χ2n) is 9.39. The van der Waals surface area contributed by atoms with Crippen molar-refractivity contribution in [2.24, 2.45) is 0 Å². The van der Waals surface area contributed by atoms with Gasteiger partial charge in [0.1, 0.15) is 0 Å². The van der Waals surface area contributed by atoms with Crippen molar-refractivity contribution in [1.29, 1.82) is 0 Å². The van der Waals surface area contributed by atoms with E-state index in [0.717, 1.165) is 42.8 Å². The highest BCUT2D eigenvalue weighted by atomic mass is 32.2. The van der Waals surface area contributed by atoms with Crippen LogP contribution in [0.2, 0.25) is 0 Å². The molecule has 1 unspecified atom stereocenters. The Morgan fingerprint density at radius 1 is 1.13 bits per heavy atom. The molecular weight excluding hydrogens is 416 g/mol. The van der Waals surface area contributed by atoms with E-state index in [9.17, 15) is 13.2 Å². The molecule has 5 rings (SSSR count). The van der Waals surface area contributed by atoms with Crippen molar-refractivity contribution in [1.82, 2.24) is 28.1 Å². The molecule has 31 heavy (non-hydrogen) atoms. The van der Waals surface area contributed by atoms with Crippen LogP contribution in [0.3, 0.4) is 0 Å². The number of piperidine rings is 1. The number of rotatable bonds is 4. The summed E-state index contributed by atoms with van der Waals surface area (Å²) < 4.78 is 29.5. The molecule has 170 valence electrons. The quantitative estimate of drug-likeness (QED) is 0.761. The molecule has 2 aromatic rings. The summed E-state index contributed by atoms with van der Waals surface area (Å²) in [5.41, 5.74) is 3.25. The molecule has 1 saturated carbocycles. The first-order valence-corrected chi connectivity index (χ1v) is 12.8.